The van der Waals surface area contributed by atoms with Gasteiger partial charge in [0.2, 0.25) is 0 Å². The van der Waals surface area contributed by atoms with Crippen molar-refractivity contribution in [3.05, 3.63) is 59.7 Å². The number of sulfone groups is 1. The number of aryl methyl sites for hydroxylation is 1. The lowest BCUT2D eigenvalue weighted by molar-refractivity contribution is 0.101. The second-order valence-electron chi connectivity index (χ2n) is 4.70. The Labute approximate surface area is 124 Å². The fourth-order valence-corrected chi connectivity index (χ4v) is 3.17. The molecule has 2 rings (SSSR count). The molecule has 2 aromatic rings. The zero-order valence-electron chi connectivity index (χ0n) is 11.9. The maximum absolute atomic E-state index is 12.3. The summed E-state index contributed by atoms with van der Waals surface area (Å²) in [5.41, 5.74) is 1.24. The van der Waals surface area contributed by atoms with Crippen molar-refractivity contribution in [2.24, 2.45) is 0 Å². The summed E-state index contributed by atoms with van der Waals surface area (Å²) in [6, 6.07) is 13.0. The molecule has 0 N–H and O–H groups in total. The first-order valence-corrected chi connectivity index (χ1v) is 8.05. The minimum atomic E-state index is -3.65. The molecule has 0 spiro atoms. The zero-order chi connectivity index (χ0) is 15.5. The number of carbonyl (C=O) groups excluding carboxylic acids is 1. The molecule has 4 nitrogen and oxygen atoms in total. The third-order valence-corrected chi connectivity index (χ3v) is 4.74. The van der Waals surface area contributed by atoms with E-state index in [2.05, 4.69) is 0 Å². The van der Waals surface area contributed by atoms with Gasteiger partial charge in [0.1, 0.15) is 11.5 Å². The van der Waals surface area contributed by atoms with Crippen LogP contribution in [0.25, 0.3) is 0 Å². The Morgan fingerprint density at radius 3 is 2.29 bits per heavy atom. The summed E-state index contributed by atoms with van der Waals surface area (Å²) in [7, 11) is -2.21. The van der Waals surface area contributed by atoms with Crippen molar-refractivity contribution in [1.82, 2.24) is 0 Å². The molecular formula is C16H16O4S. The number of hydrogen-bond donors (Lipinski definition) is 0. The van der Waals surface area contributed by atoms with Gasteiger partial charge in [0.15, 0.2) is 15.6 Å². The first-order valence-electron chi connectivity index (χ1n) is 6.39. The SMILES string of the molecule is COc1ccccc1C(=O)CS(=O)(=O)c1ccc(C)cc1. The van der Waals surface area contributed by atoms with Crippen molar-refractivity contribution in [1.29, 1.82) is 0 Å². The Balaban J connectivity index is 2.28. The van der Waals surface area contributed by atoms with Crippen LogP contribution in [0.15, 0.2) is 53.4 Å². The third-order valence-electron chi connectivity index (χ3n) is 3.11. The number of para-hydroxylation sites is 1. The number of methoxy groups -OCH3 is 1. The van der Waals surface area contributed by atoms with E-state index in [-0.39, 0.29) is 10.5 Å². The molecule has 0 unspecified atom stereocenters. The molecule has 0 aromatic heterocycles. The molecule has 0 aliphatic rings. The van der Waals surface area contributed by atoms with E-state index < -0.39 is 21.4 Å². The van der Waals surface area contributed by atoms with Gasteiger partial charge in [-0.15, -0.1) is 0 Å². The number of hydrogen-bond acceptors (Lipinski definition) is 4. The lowest BCUT2D eigenvalue weighted by atomic mass is 10.1. The van der Waals surface area contributed by atoms with Crippen LogP contribution >= 0.6 is 0 Å². The number of carbonyl (C=O) groups is 1. The molecule has 21 heavy (non-hydrogen) atoms. The van der Waals surface area contributed by atoms with Crippen LogP contribution in [0.1, 0.15) is 15.9 Å². The van der Waals surface area contributed by atoms with Crippen molar-refractivity contribution in [2.45, 2.75) is 11.8 Å². The molecular weight excluding hydrogens is 288 g/mol. The van der Waals surface area contributed by atoms with Crippen LogP contribution in [0, 0.1) is 6.92 Å². The standard InChI is InChI=1S/C16H16O4S/c1-12-7-9-13(10-8-12)21(18,19)11-15(17)14-5-3-4-6-16(14)20-2/h3-10H,11H2,1-2H3. The van der Waals surface area contributed by atoms with Gasteiger partial charge in [0.25, 0.3) is 0 Å². The topological polar surface area (TPSA) is 60.4 Å². The minimum absolute atomic E-state index is 0.149. The monoisotopic (exact) mass is 304 g/mol. The Morgan fingerprint density at radius 1 is 1.05 bits per heavy atom. The van der Waals surface area contributed by atoms with Crippen LogP contribution in [0.3, 0.4) is 0 Å². The molecule has 0 bridgehead atoms. The average molecular weight is 304 g/mol. The number of benzene rings is 2. The average Bonchev–Trinajstić information content (AvgIpc) is 2.47. The van der Waals surface area contributed by atoms with Gasteiger partial charge in [-0.05, 0) is 31.2 Å². The highest BCUT2D eigenvalue weighted by atomic mass is 32.2. The first kappa shape index (κ1) is 15.3. The van der Waals surface area contributed by atoms with Gasteiger partial charge in [-0.3, -0.25) is 4.79 Å². The Kier molecular flexibility index (Phi) is 4.43. The highest BCUT2D eigenvalue weighted by Crippen LogP contribution is 2.20. The van der Waals surface area contributed by atoms with Gasteiger partial charge in [0, 0.05) is 0 Å². The van der Waals surface area contributed by atoms with Crippen molar-refractivity contribution >= 4 is 15.6 Å². The van der Waals surface area contributed by atoms with E-state index in [1.807, 2.05) is 6.92 Å². The normalized spacial score (nSPS) is 11.1. The molecule has 110 valence electrons. The van der Waals surface area contributed by atoms with Crippen LogP contribution in [0.2, 0.25) is 0 Å². The first-order chi connectivity index (χ1) is 9.94. The van der Waals surface area contributed by atoms with E-state index in [0.29, 0.717) is 5.75 Å². The lowest BCUT2D eigenvalue weighted by Gasteiger charge is -2.08. The number of ketones is 1. The van der Waals surface area contributed by atoms with Crippen molar-refractivity contribution in [3.63, 3.8) is 0 Å². The van der Waals surface area contributed by atoms with E-state index >= 15 is 0 Å². The molecule has 0 saturated heterocycles. The van der Waals surface area contributed by atoms with Gasteiger partial charge < -0.3 is 4.74 Å². The van der Waals surface area contributed by atoms with Gasteiger partial charge in [-0.1, -0.05) is 29.8 Å². The molecule has 0 amide bonds. The molecule has 0 aliphatic carbocycles. The van der Waals surface area contributed by atoms with E-state index in [1.54, 1.807) is 36.4 Å². The van der Waals surface area contributed by atoms with Gasteiger partial charge in [-0.25, -0.2) is 8.42 Å². The molecule has 0 atom stereocenters. The maximum Gasteiger partial charge on any atom is 0.185 e. The molecule has 0 radical (unpaired) electrons. The fourth-order valence-electron chi connectivity index (χ4n) is 1.95. The molecule has 0 heterocycles. The third kappa shape index (κ3) is 3.49. The second kappa shape index (κ2) is 6.10. The van der Waals surface area contributed by atoms with Gasteiger partial charge in [0.05, 0.1) is 17.6 Å². The zero-order valence-corrected chi connectivity index (χ0v) is 12.7. The predicted molar refractivity (Wildman–Crippen MR) is 80.6 cm³/mol. The number of rotatable bonds is 5. The van der Waals surface area contributed by atoms with Crippen molar-refractivity contribution < 1.29 is 17.9 Å². The summed E-state index contributed by atoms with van der Waals surface area (Å²) in [6.45, 7) is 1.87. The largest absolute Gasteiger partial charge is 0.496 e. The summed E-state index contributed by atoms with van der Waals surface area (Å²) in [4.78, 5) is 12.4. The Morgan fingerprint density at radius 2 is 1.67 bits per heavy atom. The summed E-state index contributed by atoms with van der Waals surface area (Å²) >= 11 is 0. The maximum atomic E-state index is 12.3. The van der Waals surface area contributed by atoms with Crippen molar-refractivity contribution in [3.8, 4) is 5.75 Å². The Hall–Kier alpha value is -2.14. The molecule has 5 heteroatoms. The quantitative estimate of drug-likeness (QED) is 0.797. The highest BCUT2D eigenvalue weighted by molar-refractivity contribution is 7.92. The molecule has 0 aliphatic heterocycles. The summed E-state index contributed by atoms with van der Waals surface area (Å²) < 4.78 is 29.6. The van der Waals surface area contributed by atoms with E-state index in [4.69, 9.17) is 4.74 Å². The van der Waals surface area contributed by atoms with Crippen LogP contribution in [0.4, 0.5) is 0 Å². The van der Waals surface area contributed by atoms with E-state index in [0.717, 1.165) is 5.56 Å². The van der Waals surface area contributed by atoms with Crippen LogP contribution in [-0.2, 0) is 9.84 Å². The molecule has 0 saturated carbocycles. The van der Waals surface area contributed by atoms with E-state index in [9.17, 15) is 13.2 Å². The number of Topliss-reactive ketones (excluding diaryl/α,β-unsaturated/α-hetero) is 1. The smallest absolute Gasteiger partial charge is 0.185 e. The summed E-state index contributed by atoms with van der Waals surface area (Å²) in [5.74, 6) is -0.675. The molecule has 0 fully saturated rings. The van der Waals surface area contributed by atoms with Gasteiger partial charge >= 0.3 is 0 Å². The summed E-state index contributed by atoms with van der Waals surface area (Å²) in [6.07, 6.45) is 0. The highest BCUT2D eigenvalue weighted by Gasteiger charge is 2.22. The minimum Gasteiger partial charge on any atom is -0.496 e. The van der Waals surface area contributed by atoms with Crippen LogP contribution < -0.4 is 4.74 Å². The fraction of sp³-hybridized carbons (Fsp3) is 0.188. The lowest BCUT2D eigenvalue weighted by Crippen LogP contribution is -2.17. The number of ether oxygens (including phenoxy) is 1. The predicted octanol–water partition coefficient (Wildman–Crippen LogP) is 2.66. The second-order valence-corrected chi connectivity index (χ2v) is 6.69. The van der Waals surface area contributed by atoms with Crippen LogP contribution in [0.5, 0.6) is 5.75 Å². The Bertz CT molecular complexity index is 746. The summed E-state index contributed by atoms with van der Waals surface area (Å²) in [5, 5.41) is 0. The molecule has 2 aromatic carbocycles. The van der Waals surface area contributed by atoms with Crippen LogP contribution in [-0.4, -0.2) is 27.1 Å². The van der Waals surface area contributed by atoms with Gasteiger partial charge in [-0.2, -0.15) is 0 Å². The van der Waals surface area contributed by atoms with E-state index in [1.165, 1.54) is 19.2 Å². The van der Waals surface area contributed by atoms with Crippen molar-refractivity contribution in [2.75, 3.05) is 12.9 Å².